The minimum atomic E-state index is -0.557. The molecule has 0 rings (SSSR count). The maximum Gasteiger partial charge on any atom is 0.0999 e. The standard InChI is InChI=1S/C17H35F/c1-5-15(3)12-10-13-16(4)11-8-7-9-14-17(18)6-2/h15-17H,5-14H2,1-4H3/t15?,16-,17?/m1/s1. The van der Waals surface area contributed by atoms with Crippen molar-refractivity contribution < 1.29 is 4.39 Å². The van der Waals surface area contributed by atoms with Crippen LogP contribution in [0.1, 0.15) is 91.9 Å². The molecule has 0 spiro atoms. The van der Waals surface area contributed by atoms with E-state index < -0.39 is 6.17 Å². The zero-order chi connectivity index (χ0) is 13.8. The quantitative estimate of drug-likeness (QED) is 0.349. The van der Waals surface area contributed by atoms with Crippen molar-refractivity contribution in [2.45, 2.75) is 98.1 Å². The lowest BCUT2D eigenvalue weighted by atomic mass is 9.93. The molecule has 0 aliphatic rings. The summed E-state index contributed by atoms with van der Waals surface area (Å²) in [7, 11) is 0. The Morgan fingerprint density at radius 3 is 1.83 bits per heavy atom. The highest BCUT2D eigenvalue weighted by Gasteiger charge is 2.05. The molecule has 0 heterocycles. The molecule has 0 aromatic carbocycles. The normalized spacial score (nSPS) is 16.5. The fourth-order valence-electron chi connectivity index (χ4n) is 2.40. The summed E-state index contributed by atoms with van der Waals surface area (Å²) < 4.78 is 13.0. The molecule has 0 amide bonds. The second-order valence-electron chi connectivity index (χ2n) is 6.19. The minimum absolute atomic E-state index is 0.557. The van der Waals surface area contributed by atoms with Gasteiger partial charge in [0.2, 0.25) is 0 Å². The van der Waals surface area contributed by atoms with Crippen LogP contribution >= 0.6 is 0 Å². The van der Waals surface area contributed by atoms with Gasteiger partial charge in [-0.15, -0.1) is 0 Å². The fourth-order valence-corrected chi connectivity index (χ4v) is 2.40. The molecule has 0 N–H and O–H groups in total. The van der Waals surface area contributed by atoms with E-state index in [1.54, 1.807) is 0 Å². The summed E-state index contributed by atoms with van der Waals surface area (Å²) in [6.07, 6.45) is 11.3. The van der Waals surface area contributed by atoms with Crippen LogP contribution < -0.4 is 0 Å². The van der Waals surface area contributed by atoms with Crippen LogP contribution in [0.15, 0.2) is 0 Å². The van der Waals surface area contributed by atoms with Crippen LogP contribution in [-0.4, -0.2) is 6.17 Å². The van der Waals surface area contributed by atoms with Gasteiger partial charge in [-0.05, 0) is 24.7 Å². The van der Waals surface area contributed by atoms with Gasteiger partial charge in [-0.3, -0.25) is 0 Å². The lowest BCUT2D eigenvalue weighted by Gasteiger charge is -2.13. The molecular weight excluding hydrogens is 223 g/mol. The van der Waals surface area contributed by atoms with Crippen LogP contribution in [0.5, 0.6) is 0 Å². The largest absolute Gasteiger partial charge is 0.248 e. The van der Waals surface area contributed by atoms with E-state index in [1.807, 2.05) is 6.92 Å². The average molecular weight is 258 g/mol. The molecule has 0 aliphatic carbocycles. The van der Waals surface area contributed by atoms with Crippen molar-refractivity contribution in [2.75, 3.05) is 0 Å². The summed E-state index contributed by atoms with van der Waals surface area (Å²) in [5, 5.41) is 0. The van der Waals surface area contributed by atoms with E-state index >= 15 is 0 Å². The summed E-state index contributed by atoms with van der Waals surface area (Å²) in [6, 6.07) is 0. The van der Waals surface area contributed by atoms with Crippen LogP contribution in [0.3, 0.4) is 0 Å². The number of alkyl halides is 1. The molecule has 0 aliphatic heterocycles. The maximum absolute atomic E-state index is 13.0. The molecule has 0 radical (unpaired) electrons. The van der Waals surface area contributed by atoms with Crippen molar-refractivity contribution in [3.05, 3.63) is 0 Å². The predicted octanol–water partition coefficient (Wildman–Crippen LogP) is 6.54. The number of hydrogen-bond donors (Lipinski definition) is 0. The lowest BCUT2D eigenvalue weighted by Crippen LogP contribution is -1.99. The van der Waals surface area contributed by atoms with Gasteiger partial charge in [0, 0.05) is 0 Å². The third-order valence-corrected chi connectivity index (χ3v) is 4.25. The van der Waals surface area contributed by atoms with Crippen LogP contribution in [0.25, 0.3) is 0 Å². The second-order valence-corrected chi connectivity index (χ2v) is 6.19. The van der Waals surface area contributed by atoms with Crippen LogP contribution in [0.4, 0.5) is 4.39 Å². The van der Waals surface area contributed by atoms with Gasteiger partial charge in [0.15, 0.2) is 0 Å². The van der Waals surface area contributed by atoms with E-state index in [-0.39, 0.29) is 0 Å². The van der Waals surface area contributed by atoms with Crippen LogP contribution in [-0.2, 0) is 0 Å². The summed E-state index contributed by atoms with van der Waals surface area (Å²) >= 11 is 0. The first-order valence-corrected chi connectivity index (χ1v) is 8.24. The van der Waals surface area contributed by atoms with Gasteiger partial charge < -0.3 is 0 Å². The molecule has 0 fully saturated rings. The third-order valence-electron chi connectivity index (χ3n) is 4.25. The average Bonchev–Trinajstić information content (AvgIpc) is 2.37. The first kappa shape index (κ1) is 17.9. The highest BCUT2D eigenvalue weighted by Crippen LogP contribution is 2.20. The van der Waals surface area contributed by atoms with E-state index in [0.29, 0.717) is 6.42 Å². The van der Waals surface area contributed by atoms with Crippen molar-refractivity contribution in [3.8, 4) is 0 Å². The molecule has 1 heteroatoms. The Morgan fingerprint density at radius 1 is 0.667 bits per heavy atom. The van der Waals surface area contributed by atoms with Crippen molar-refractivity contribution in [1.29, 1.82) is 0 Å². The molecule has 3 atom stereocenters. The summed E-state index contributed by atoms with van der Waals surface area (Å²) in [5.74, 6) is 1.76. The van der Waals surface area contributed by atoms with Gasteiger partial charge >= 0.3 is 0 Å². The summed E-state index contributed by atoms with van der Waals surface area (Å²) in [5.41, 5.74) is 0. The SMILES string of the molecule is CCC(C)CCC[C@H](C)CCCCCC(F)CC. The molecule has 2 unspecified atom stereocenters. The van der Waals surface area contributed by atoms with Crippen molar-refractivity contribution >= 4 is 0 Å². The number of halogens is 1. The van der Waals surface area contributed by atoms with Gasteiger partial charge in [0.25, 0.3) is 0 Å². The first-order chi connectivity index (χ1) is 8.60. The fraction of sp³-hybridized carbons (Fsp3) is 1.00. The molecule has 0 bridgehead atoms. The number of rotatable bonds is 12. The Hall–Kier alpha value is -0.0700. The maximum atomic E-state index is 13.0. The smallest absolute Gasteiger partial charge is 0.0999 e. The van der Waals surface area contributed by atoms with Crippen molar-refractivity contribution in [2.24, 2.45) is 11.8 Å². The highest BCUT2D eigenvalue weighted by atomic mass is 19.1. The van der Waals surface area contributed by atoms with Crippen molar-refractivity contribution in [1.82, 2.24) is 0 Å². The predicted molar refractivity (Wildman–Crippen MR) is 80.7 cm³/mol. The summed E-state index contributed by atoms with van der Waals surface area (Å²) in [6.45, 7) is 8.94. The highest BCUT2D eigenvalue weighted by molar-refractivity contribution is 4.58. The molecule has 0 aromatic rings. The van der Waals surface area contributed by atoms with Gasteiger partial charge in [-0.1, -0.05) is 79.1 Å². The Labute approximate surface area is 115 Å². The van der Waals surface area contributed by atoms with Gasteiger partial charge in [0.05, 0.1) is 6.17 Å². The zero-order valence-electron chi connectivity index (χ0n) is 13.2. The molecule has 0 saturated carbocycles. The van der Waals surface area contributed by atoms with E-state index in [4.69, 9.17) is 0 Å². The first-order valence-electron chi connectivity index (χ1n) is 8.24. The molecule has 0 nitrogen and oxygen atoms in total. The lowest BCUT2D eigenvalue weighted by molar-refractivity contribution is 0.294. The molecular formula is C17H35F. The van der Waals surface area contributed by atoms with E-state index in [9.17, 15) is 4.39 Å². The monoisotopic (exact) mass is 258 g/mol. The Morgan fingerprint density at radius 2 is 1.22 bits per heavy atom. The minimum Gasteiger partial charge on any atom is -0.248 e. The van der Waals surface area contributed by atoms with E-state index in [1.165, 1.54) is 44.9 Å². The summed E-state index contributed by atoms with van der Waals surface area (Å²) in [4.78, 5) is 0. The third kappa shape index (κ3) is 11.0. The molecule has 110 valence electrons. The van der Waals surface area contributed by atoms with Crippen LogP contribution in [0, 0.1) is 11.8 Å². The number of unbranched alkanes of at least 4 members (excludes halogenated alkanes) is 2. The number of hydrogen-bond acceptors (Lipinski definition) is 0. The topological polar surface area (TPSA) is 0 Å². The van der Waals surface area contributed by atoms with E-state index in [0.717, 1.165) is 24.7 Å². The van der Waals surface area contributed by atoms with E-state index in [2.05, 4.69) is 20.8 Å². The van der Waals surface area contributed by atoms with Crippen LogP contribution in [0.2, 0.25) is 0 Å². The second kappa shape index (κ2) is 12.0. The zero-order valence-corrected chi connectivity index (χ0v) is 13.2. The van der Waals surface area contributed by atoms with Gasteiger partial charge in [-0.25, -0.2) is 4.39 Å². The Balaban J connectivity index is 3.29. The molecule has 0 saturated heterocycles. The Bertz CT molecular complexity index is 167. The molecule has 18 heavy (non-hydrogen) atoms. The molecule has 0 aromatic heterocycles. The van der Waals surface area contributed by atoms with Gasteiger partial charge in [0.1, 0.15) is 0 Å². The van der Waals surface area contributed by atoms with Crippen molar-refractivity contribution in [3.63, 3.8) is 0 Å². The Kier molecular flexibility index (Phi) is 11.9. The van der Waals surface area contributed by atoms with Gasteiger partial charge in [-0.2, -0.15) is 0 Å².